The van der Waals surface area contributed by atoms with Gasteiger partial charge in [0.15, 0.2) is 0 Å². The van der Waals surface area contributed by atoms with Gasteiger partial charge in [-0.05, 0) is 6.07 Å². The van der Waals surface area contributed by atoms with Gasteiger partial charge in [-0.2, -0.15) is 26.3 Å². The van der Waals surface area contributed by atoms with Crippen molar-refractivity contribution in [1.82, 2.24) is 0 Å². The highest BCUT2D eigenvalue weighted by molar-refractivity contribution is 5.45. The minimum Gasteiger partial charge on any atom is -0.398 e. The summed E-state index contributed by atoms with van der Waals surface area (Å²) in [6.07, 6.45) is -14.8. The molecule has 0 heterocycles. The van der Waals surface area contributed by atoms with E-state index < -0.39 is 25.1 Å². The standard InChI is InChI=1S/C10H9F6NO/c11-9(12,13)8(10(14,15)16)18-5-6-3-1-2-4-7(6)17/h1-4,8H,5,17H2. The Morgan fingerprint density at radius 3 is 1.94 bits per heavy atom. The molecule has 0 saturated carbocycles. The molecule has 2 N–H and O–H groups in total. The summed E-state index contributed by atoms with van der Waals surface area (Å²) >= 11 is 0. The first kappa shape index (κ1) is 14.6. The third kappa shape index (κ3) is 3.80. The lowest BCUT2D eigenvalue weighted by atomic mass is 10.2. The Hall–Kier alpha value is -1.44. The van der Waals surface area contributed by atoms with Crippen LogP contribution in [-0.2, 0) is 11.3 Å². The average Bonchev–Trinajstić information content (AvgIpc) is 2.17. The van der Waals surface area contributed by atoms with Gasteiger partial charge >= 0.3 is 12.4 Å². The van der Waals surface area contributed by atoms with Gasteiger partial charge in [0.2, 0.25) is 6.10 Å². The van der Waals surface area contributed by atoms with Gasteiger partial charge in [0, 0.05) is 11.3 Å². The second-order valence-corrected chi connectivity index (χ2v) is 3.47. The number of nitrogen functional groups attached to an aromatic ring is 1. The maximum absolute atomic E-state index is 12.1. The summed E-state index contributed by atoms with van der Waals surface area (Å²) in [5.41, 5.74) is 5.52. The minimum atomic E-state index is -5.51. The minimum absolute atomic E-state index is 0.0657. The molecule has 1 rings (SSSR count). The van der Waals surface area contributed by atoms with E-state index in [2.05, 4.69) is 4.74 Å². The Balaban J connectivity index is 2.79. The fourth-order valence-electron chi connectivity index (χ4n) is 1.21. The van der Waals surface area contributed by atoms with Gasteiger partial charge in [0.1, 0.15) is 0 Å². The predicted molar refractivity (Wildman–Crippen MR) is 51.5 cm³/mol. The van der Waals surface area contributed by atoms with Crippen LogP contribution >= 0.6 is 0 Å². The van der Waals surface area contributed by atoms with Crippen LogP contribution in [0.4, 0.5) is 32.0 Å². The van der Waals surface area contributed by atoms with E-state index in [1.807, 2.05) is 0 Å². The zero-order valence-corrected chi connectivity index (χ0v) is 8.85. The largest absolute Gasteiger partial charge is 0.423 e. The number of anilines is 1. The molecule has 0 aromatic heterocycles. The van der Waals surface area contributed by atoms with Crippen LogP contribution < -0.4 is 5.73 Å². The molecule has 1 aromatic rings. The number of alkyl halides is 6. The SMILES string of the molecule is Nc1ccccc1COC(C(F)(F)F)C(F)(F)F. The van der Waals surface area contributed by atoms with E-state index in [4.69, 9.17) is 5.73 Å². The molecule has 0 fully saturated rings. The van der Waals surface area contributed by atoms with Gasteiger partial charge in [-0.25, -0.2) is 0 Å². The van der Waals surface area contributed by atoms with Crippen LogP contribution in [0.25, 0.3) is 0 Å². The highest BCUT2D eigenvalue weighted by atomic mass is 19.4. The number of halogens is 6. The van der Waals surface area contributed by atoms with Crippen molar-refractivity contribution in [2.24, 2.45) is 0 Å². The first-order valence-corrected chi connectivity index (χ1v) is 4.71. The monoisotopic (exact) mass is 273 g/mol. The number of rotatable bonds is 3. The van der Waals surface area contributed by atoms with Gasteiger partial charge in [-0.1, -0.05) is 18.2 Å². The Kier molecular flexibility index (Phi) is 4.10. The maximum atomic E-state index is 12.1. The molecule has 0 saturated heterocycles. The lowest BCUT2D eigenvalue weighted by Gasteiger charge is -2.23. The van der Waals surface area contributed by atoms with Crippen LogP contribution in [0, 0.1) is 0 Å². The van der Waals surface area contributed by atoms with E-state index in [9.17, 15) is 26.3 Å². The molecule has 1 aromatic carbocycles. The molecule has 0 spiro atoms. The maximum Gasteiger partial charge on any atom is 0.423 e. The van der Waals surface area contributed by atoms with Crippen LogP contribution in [0.15, 0.2) is 24.3 Å². The molecule has 0 aliphatic carbocycles. The van der Waals surface area contributed by atoms with Crippen LogP contribution in [0.5, 0.6) is 0 Å². The number of nitrogens with two attached hydrogens (primary N) is 1. The summed E-state index contributed by atoms with van der Waals surface area (Å²) in [5.74, 6) is 0. The highest BCUT2D eigenvalue weighted by Crippen LogP contribution is 2.36. The van der Waals surface area contributed by atoms with Crippen molar-refractivity contribution in [1.29, 1.82) is 0 Å². The number of ether oxygens (including phenoxy) is 1. The van der Waals surface area contributed by atoms with Crippen LogP contribution in [-0.4, -0.2) is 18.5 Å². The average molecular weight is 273 g/mol. The van der Waals surface area contributed by atoms with Crippen molar-refractivity contribution >= 4 is 5.69 Å². The van der Waals surface area contributed by atoms with E-state index in [0.29, 0.717) is 0 Å². The second kappa shape index (κ2) is 5.05. The lowest BCUT2D eigenvalue weighted by Crippen LogP contribution is -2.44. The zero-order chi connectivity index (χ0) is 14.0. The molecule has 8 heteroatoms. The van der Waals surface area contributed by atoms with Gasteiger partial charge in [-0.3, -0.25) is 0 Å². The van der Waals surface area contributed by atoms with E-state index in [1.54, 1.807) is 0 Å². The van der Waals surface area contributed by atoms with E-state index in [1.165, 1.54) is 24.3 Å². The molecule has 0 aliphatic heterocycles. The molecule has 2 nitrogen and oxygen atoms in total. The highest BCUT2D eigenvalue weighted by Gasteiger charge is 2.57. The molecule has 0 atom stereocenters. The molecule has 0 radical (unpaired) electrons. The van der Waals surface area contributed by atoms with E-state index >= 15 is 0 Å². The van der Waals surface area contributed by atoms with Gasteiger partial charge in [0.05, 0.1) is 6.61 Å². The Morgan fingerprint density at radius 2 is 1.50 bits per heavy atom. The molecular formula is C10H9F6NO. The molecule has 0 bridgehead atoms. The summed E-state index contributed by atoms with van der Waals surface area (Å²) in [4.78, 5) is 0. The zero-order valence-electron chi connectivity index (χ0n) is 8.85. The smallest absolute Gasteiger partial charge is 0.398 e. The lowest BCUT2D eigenvalue weighted by molar-refractivity contribution is -0.324. The quantitative estimate of drug-likeness (QED) is 0.677. The fraction of sp³-hybridized carbons (Fsp3) is 0.400. The first-order chi connectivity index (χ1) is 8.12. The van der Waals surface area contributed by atoms with Gasteiger partial charge < -0.3 is 10.5 Å². The van der Waals surface area contributed by atoms with E-state index in [-0.39, 0.29) is 11.3 Å². The van der Waals surface area contributed by atoms with Crippen molar-refractivity contribution in [2.75, 3.05) is 5.73 Å². The number of hydrogen-bond donors (Lipinski definition) is 1. The first-order valence-electron chi connectivity index (χ1n) is 4.71. The van der Waals surface area contributed by atoms with Crippen molar-refractivity contribution in [3.63, 3.8) is 0 Å². The number of benzene rings is 1. The third-order valence-electron chi connectivity index (χ3n) is 2.06. The topological polar surface area (TPSA) is 35.2 Å². The summed E-state index contributed by atoms with van der Waals surface area (Å²) < 4.78 is 76.8. The Morgan fingerprint density at radius 1 is 1.00 bits per heavy atom. The molecule has 18 heavy (non-hydrogen) atoms. The van der Waals surface area contributed by atoms with Crippen molar-refractivity contribution in [3.8, 4) is 0 Å². The van der Waals surface area contributed by atoms with E-state index in [0.717, 1.165) is 0 Å². The predicted octanol–water partition coefficient (Wildman–Crippen LogP) is 3.28. The number of hydrogen-bond acceptors (Lipinski definition) is 2. The normalized spacial score (nSPS) is 13.1. The van der Waals surface area contributed by atoms with Crippen LogP contribution in [0.1, 0.15) is 5.56 Å². The van der Waals surface area contributed by atoms with Crippen LogP contribution in [0.3, 0.4) is 0 Å². The van der Waals surface area contributed by atoms with Crippen molar-refractivity contribution in [2.45, 2.75) is 25.1 Å². The summed E-state index contributed by atoms with van der Waals surface area (Å²) in [6.45, 7) is -0.865. The van der Waals surface area contributed by atoms with Gasteiger partial charge in [-0.15, -0.1) is 0 Å². The molecule has 0 amide bonds. The Labute approximate surface area is 98.3 Å². The van der Waals surface area contributed by atoms with Crippen molar-refractivity contribution < 1.29 is 31.1 Å². The third-order valence-corrected chi connectivity index (χ3v) is 2.06. The fourth-order valence-corrected chi connectivity index (χ4v) is 1.21. The van der Waals surface area contributed by atoms with Gasteiger partial charge in [0.25, 0.3) is 0 Å². The Bertz CT molecular complexity index is 386. The van der Waals surface area contributed by atoms with Crippen molar-refractivity contribution in [3.05, 3.63) is 29.8 Å². The van der Waals surface area contributed by atoms with Crippen LogP contribution in [0.2, 0.25) is 0 Å². The molecule has 102 valence electrons. The molecule has 0 unspecified atom stereocenters. The molecular weight excluding hydrogens is 264 g/mol. The summed E-state index contributed by atoms with van der Waals surface area (Å²) in [7, 11) is 0. The second-order valence-electron chi connectivity index (χ2n) is 3.47. The summed E-state index contributed by atoms with van der Waals surface area (Å²) in [6, 6.07) is 5.59. The summed E-state index contributed by atoms with van der Waals surface area (Å²) in [5, 5.41) is 0. The molecule has 0 aliphatic rings. The number of para-hydroxylation sites is 1.